The molecule has 5 heteroatoms. The molecule has 1 unspecified atom stereocenters. The molecule has 24 heavy (non-hydrogen) atoms. The van der Waals surface area contributed by atoms with Crippen LogP contribution in [0.5, 0.6) is 5.75 Å². The first-order valence-corrected chi connectivity index (χ1v) is 8.00. The summed E-state index contributed by atoms with van der Waals surface area (Å²) in [6.07, 6.45) is 0.945. The highest BCUT2D eigenvalue weighted by Crippen LogP contribution is 2.32. The van der Waals surface area contributed by atoms with Crippen LogP contribution in [0.2, 0.25) is 0 Å². The molecule has 1 aromatic heterocycles. The van der Waals surface area contributed by atoms with Crippen LogP contribution in [-0.2, 0) is 4.74 Å². The van der Waals surface area contributed by atoms with Crippen LogP contribution in [0.3, 0.4) is 0 Å². The average molecular weight is 322 g/mol. The standard InChI is InChI=1S/C19H18N2O3/c1-22-17-8-3-2-7-16(17)13-5-4-6-14(11-13)19-20-18(21-24-19)15-9-10-23-12-15/h2-8,11,15H,9-10,12H2,1H3. The number of rotatable bonds is 4. The molecule has 5 nitrogen and oxygen atoms in total. The summed E-state index contributed by atoms with van der Waals surface area (Å²) in [4.78, 5) is 4.55. The summed E-state index contributed by atoms with van der Waals surface area (Å²) in [6, 6.07) is 16.0. The van der Waals surface area contributed by atoms with Crippen LogP contribution >= 0.6 is 0 Å². The van der Waals surface area contributed by atoms with E-state index in [9.17, 15) is 0 Å². The molecular weight excluding hydrogens is 304 g/mol. The molecule has 0 bridgehead atoms. The van der Waals surface area contributed by atoms with Crippen LogP contribution < -0.4 is 4.74 Å². The van der Waals surface area contributed by atoms with Crippen molar-refractivity contribution in [3.8, 4) is 28.3 Å². The van der Waals surface area contributed by atoms with E-state index >= 15 is 0 Å². The molecule has 1 aliphatic heterocycles. The van der Waals surface area contributed by atoms with E-state index in [1.54, 1.807) is 7.11 Å². The Balaban J connectivity index is 1.68. The maximum absolute atomic E-state index is 5.46. The second-order valence-electron chi connectivity index (χ2n) is 5.80. The molecule has 1 aliphatic rings. The molecule has 0 aliphatic carbocycles. The molecule has 2 aromatic carbocycles. The van der Waals surface area contributed by atoms with Gasteiger partial charge in [-0.15, -0.1) is 0 Å². The molecule has 0 amide bonds. The van der Waals surface area contributed by atoms with Gasteiger partial charge in [-0.2, -0.15) is 4.98 Å². The van der Waals surface area contributed by atoms with Crippen LogP contribution in [0, 0.1) is 0 Å². The van der Waals surface area contributed by atoms with Crippen molar-refractivity contribution in [2.24, 2.45) is 0 Å². The molecule has 0 N–H and O–H groups in total. The maximum atomic E-state index is 5.46. The minimum absolute atomic E-state index is 0.236. The second kappa shape index (κ2) is 6.45. The molecule has 0 spiro atoms. The lowest BCUT2D eigenvalue weighted by atomic mass is 10.0. The summed E-state index contributed by atoms with van der Waals surface area (Å²) in [6.45, 7) is 1.43. The highest BCUT2D eigenvalue weighted by molar-refractivity contribution is 5.74. The number of para-hydroxylation sites is 1. The van der Waals surface area contributed by atoms with Gasteiger partial charge < -0.3 is 14.0 Å². The van der Waals surface area contributed by atoms with Crippen molar-refractivity contribution in [3.63, 3.8) is 0 Å². The highest BCUT2D eigenvalue weighted by Gasteiger charge is 2.23. The Morgan fingerprint density at radius 2 is 1.96 bits per heavy atom. The molecule has 2 heterocycles. The first kappa shape index (κ1) is 14.9. The van der Waals surface area contributed by atoms with E-state index in [1.807, 2.05) is 48.5 Å². The van der Waals surface area contributed by atoms with Crippen LogP contribution in [0.25, 0.3) is 22.6 Å². The molecule has 3 aromatic rings. The molecule has 1 fully saturated rings. The fraction of sp³-hybridized carbons (Fsp3) is 0.263. The lowest BCUT2D eigenvalue weighted by molar-refractivity contribution is 0.192. The van der Waals surface area contributed by atoms with Crippen molar-refractivity contribution < 1.29 is 14.0 Å². The SMILES string of the molecule is COc1ccccc1-c1cccc(-c2nc(C3CCOC3)no2)c1. The van der Waals surface area contributed by atoms with Gasteiger partial charge in [0, 0.05) is 23.7 Å². The van der Waals surface area contributed by atoms with Crippen LogP contribution in [-0.4, -0.2) is 30.5 Å². The fourth-order valence-corrected chi connectivity index (χ4v) is 2.96. The van der Waals surface area contributed by atoms with Gasteiger partial charge in [0.1, 0.15) is 5.75 Å². The number of hydrogen-bond donors (Lipinski definition) is 0. The minimum Gasteiger partial charge on any atom is -0.496 e. The Kier molecular flexibility index (Phi) is 4.01. The number of methoxy groups -OCH3 is 1. The van der Waals surface area contributed by atoms with Crippen molar-refractivity contribution >= 4 is 0 Å². The van der Waals surface area contributed by atoms with Gasteiger partial charge in [0.2, 0.25) is 0 Å². The number of aromatic nitrogens is 2. The van der Waals surface area contributed by atoms with Gasteiger partial charge in [0.15, 0.2) is 5.82 Å². The van der Waals surface area contributed by atoms with Gasteiger partial charge in [-0.05, 0) is 30.2 Å². The predicted molar refractivity (Wildman–Crippen MR) is 89.9 cm³/mol. The summed E-state index contributed by atoms with van der Waals surface area (Å²) in [5.41, 5.74) is 2.98. The Morgan fingerprint density at radius 1 is 1.08 bits per heavy atom. The third-order valence-electron chi connectivity index (χ3n) is 4.26. The molecule has 122 valence electrons. The number of nitrogens with zero attached hydrogens (tertiary/aromatic N) is 2. The topological polar surface area (TPSA) is 57.4 Å². The quantitative estimate of drug-likeness (QED) is 0.729. The zero-order valence-corrected chi connectivity index (χ0v) is 13.4. The monoisotopic (exact) mass is 322 g/mol. The first-order chi connectivity index (χ1) is 11.8. The van der Waals surface area contributed by atoms with Gasteiger partial charge in [0.05, 0.1) is 13.7 Å². The predicted octanol–water partition coefficient (Wildman–Crippen LogP) is 3.92. The lowest BCUT2D eigenvalue weighted by Gasteiger charge is -2.08. The van der Waals surface area contributed by atoms with Gasteiger partial charge in [-0.25, -0.2) is 0 Å². The zero-order chi connectivity index (χ0) is 16.4. The van der Waals surface area contributed by atoms with Crippen molar-refractivity contribution in [1.29, 1.82) is 0 Å². The summed E-state index contributed by atoms with van der Waals surface area (Å²) in [5.74, 6) is 2.34. The van der Waals surface area contributed by atoms with Gasteiger partial charge in [-0.3, -0.25) is 0 Å². The van der Waals surface area contributed by atoms with E-state index in [4.69, 9.17) is 14.0 Å². The summed E-state index contributed by atoms with van der Waals surface area (Å²) >= 11 is 0. The highest BCUT2D eigenvalue weighted by atomic mass is 16.5. The van der Waals surface area contributed by atoms with Crippen LogP contribution in [0.15, 0.2) is 53.1 Å². The largest absolute Gasteiger partial charge is 0.496 e. The maximum Gasteiger partial charge on any atom is 0.257 e. The number of ether oxygens (including phenoxy) is 2. The average Bonchev–Trinajstić information content (AvgIpc) is 3.33. The Labute approximate surface area is 140 Å². The number of hydrogen-bond acceptors (Lipinski definition) is 5. The third-order valence-corrected chi connectivity index (χ3v) is 4.26. The van der Waals surface area contributed by atoms with E-state index in [0.29, 0.717) is 12.5 Å². The Bertz CT molecular complexity index is 838. The second-order valence-corrected chi connectivity index (χ2v) is 5.80. The van der Waals surface area contributed by atoms with Crippen molar-refractivity contribution in [1.82, 2.24) is 10.1 Å². The van der Waals surface area contributed by atoms with E-state index in [1.165, 1.54) is 0 Å². The van der Waals surface area contributed by atoms with E-state index in [2.05, 4.69) is 10.1 Å². The molecule has 1 saturated heterocycles. The molecule has 0 saturated carbocycles. The van der Waals surface area contributed by atoms with Crippen molar-refractivity contribution in [3.05, 3.63) is 54.4 Å². The van der Waals surface area contributed by atoms with Crippen molar-refractivity contribution in [2.75, 3.05) is 20.3 Å². The number of benzene rings is 2. The van der Waals surface area contributed by atoms with Gasteiger partial charge in [-0.1, -0.05) is 35.5 Å². The normalized spacial score (nSPS) is 17.1. The third kappa shape index (κ3) is 2.78. The van der Waals surface area contributed by atoms with Gasteiger partial charge >= 0.3 is 0 Å². The minimum atomic E-state index is 0.236. The first-order valence-electron chi connectivity index (χ1n) is 8.00. The molecule has 0 radical (unpaired) electrons. The Hall–Kier alpha value is -2.66. The lowest BCUT2D eigenvalue weighted by Crippen LogP contribution is -1.99. The molecule has 4 rings (SSSR count). The van der Waals surface area contributed by atoms with Crippen molar-refractivity contribution in [2.45, 2.75) is 12.3 Å². The van der Waals surface area contributed by atoms with Gasteiger partial charge in [0.25, 0.3) is 5.89 Å². The van der Waals surface area contributed by atoms with E-state index < -0.39 is 0 Å². The smallest absolute Gasteiger partial charge is 0.257 e. The van der Waals surface area contributed by atoms with E-state index in [-0.39, 0.29) is 5.92 Å². The Morgan fingerprint density at radius 3 is 2.79 bits per heavy atom. The van der Waals surface area contributed by atoms with Crippen LogP contribution in [0.4, 0.5) is 0 Å². The van der Waals surface area contributed by atoms with Crippen LogP contribution in [0.1, 0.15) is 18.2 Å². The summed E-state index contributed by atoms with van der Waals surface area (Å²) in [5, 5.41) is 4.12. The molecular formula is C19H18N2O3. The zero-order valence-electron chi connectivity index (χ0n) is 13.4. The fourth-order valence-electron chi connectivity index (χ4n) is 2.96. The summed E-state index contributed by atoms with van der Waals surface area (Å²) < 4.78 is 16.3. The van der Waals surface area contributed by atoms with E-state index in [0.717, 1.165) is 41.3 Å². The molecule has 1 atom stereocenters. The summed E-state index contributed by atoms with van der Waals surface area (Å²) in [7, 11) is 1.68.